The average Bonchev–Trinajstić information content (AvgIpc) is 2.70. The Kier molecular flexibility index (Phi) is 5.15. The number of methoxy groups -OCH3 is 2. The first-order valence-electron chi connectivity index (χ1n) is 10.4. The molecule has 3 aliphatic rings. The summed E-state index contributed by atoms with van der Waals surface area (Å²) < 4.78 is 16.9. The van der Waals surface area contributed by atoms with Gasteiger partial charge in [-0.1, -0.05) is 13.0 Å². The van der Waals surface area contributed by atoms with Gasteiger partial charge in [0.25, 0.3) is 0 Å². The van der Waals surface area contributed by atoms with Crippen molar-refractivity contribution in [1.82, 2.24) is 4.90 Å². The molecule has 1 aromatic rings. The number of benzene rings is 1. The summed E-state index contributed by atoms with van der Waals surface area (Å²) in [6, 6.07) is 4.22. The highest BCUT2D eigenvalue weighted by molar-refractivity contribution is 5.96. The van der Waals surface area contributed by atoms with Crippen LogP contribution >= 0.6 is 0 Å². The van der Waals surface area contributed by atoms with Crippen molar-refractivity contribution in [3.8, 4) is 11.5 Å². The molecule has 29 heavy (non-hydrogen) atoms. The zero-order chi connectivity index (χ0) is 20.8. The van der Waals surface area contributed by atoms with Crippen LogP contribution in [0, 0.1) is 5.92 Å². The lowest BCUT2D eigenvalue weighted by Gasteiger charge is -2.56. The summed E-state index contributed by atoms with van der Waals surface area (Å²) in [5.41, 5.74) is 1.72. The zero-order valence-corrected chi connectivity index (χ0v) is 17.6. The number of piperidine rings is 1. The molecule has 0 saturated carbocycles. The second kappa shape index (κ2) is 7.48. The Morgan fingerprint density at radius 2 is 2.07 bits per heavy atom. The third-order valence-electron chi connectivity index (χ3n) is 6.86. The predicted octanol–water partition coefficient (Wildman–Crippen LogP) is 3.02. The predicted molar refractivity (Wildman–Crippen MR) is 108 cm³/mol. The summed E-state index contributed by atoms with van der Waals surface area (Å²) in [5, 5.41) is 0. The number of ether oxygens (including phenoxy) is 3. The summed E-state index contributed by atoms with van der Waals surface area (Å²) >= 11 is 0. The molecule has 6 nitrogen and oxygen atoms in total. The van der Waals surface area contributed by atoms with Crippen LogP contribution in [0.1, 0.15) is 43.7 Å². The number of ketones is 1. The maximum Gasteiger partial charge on any atom is 0.311 e. The number of carbonyl (C=O) groups is 2. The number of likely N-dealkylation sites (tertiary alicyclic amines) is 1. The number of esters is 1. The first-order valence-corrected chi connectivity index (χ1v) is 10.4. The van der Waals surface area contributed by atoms with Crippen LogP contribution in [-0.4, -0.2) is 50.5 Å². The van der Waals surface area contributed by atoms with Gasteiger partial charge in [0, 0.05) is 35.8 Å². The number of carbonyl (C=O) groups excluding carboxylic acids is 2. The van der Waals surface area contributed by atoms with Crippen LogP contribution in [0.3, 0.4) is 0 Å². The molecule has 1 heterocycles. The van der Waals surface area contributed by atoms with E-state index in [2.05, 4.69) is 18.0 Å². The van der Waals surface area contributed by atoms with E-state index in [1.165, 1.54) is 0 Å². The van der Waals surface area contributed by atoms with Crippen LogP contribution in [-0.2, 0) is 26.2 Å². The first-order chi connectivity index (χ1) is 13.9. The van der Waals surface area contributed by atoms with Crippen LogP contribution in [0.25, 0.3) is 0 Å². The fourth-order valence-corrected chi connectivity index (χ4v) is 5.48. The summed E-state index contributed by atoms with van der Waals surface area (Å²) in [5.74, 6) is 1.36. The van der Waals surface area contributed by atoms with Gasteiger partial charge in [-0.25, -0.2) is 0 Å². The van der Waals surface area contributed by atoms with E-state index in [0.717, 1.165) is 36.9 Å². The molecule has 6 heteroatoms. The Morgan fingerprint density at radius 1 is 1.28 bits per heavy atom. The van der Waals surface area contributed by atoms with E-state index < -0.39 is 5.41 Å². The molecule has 156 valence electrons. The number of hydrogen-bond donors (Lipinski definition) is 0. The van der Waals surface area contributed by atoms with Gasteiger partial charge >= 0.3 is 5.97 Å². The molecule has 0 amide bonds. The molecule has 2 aliphatic carbocycles. The van der Waals surface area contributed by atoms with E-state index in [4.69, 9.17) is 14.2 Å². The summed E-state index contributed by atoms with van der Waals surface area (Å²) in [6.07, 6.45) is 5.09. The highest BCUT2D eigenvalue weighted by atomic mass is 16.6. The fourth-order valence-electron chi connectivity index (χ4n) is 5.48. The highest BCUT2D eigenvalue weighted by Gasteiger charge is 2.56. The lowest BCUT2D eigenvalue weighted by Crippen LogP contribution is -2.60. The second-order valence-electron chi connectivity index (χ2n) is 8.37. The van der Waals surface area contributed by atoms with Gasteiger partial charge in [0.15, 0.2) is 23.0 Å². The number of nitrogens with zero attached hydrogens (tertiary/aromatic N) is 1. The van der Waals surface area contributed by atoms with E-state index in [-0.39, 0.29) is 23.7 Å². The largest absolute Gasteiger partial charge is 0.493 e. The molecule has 4 rings (SSSR count). The van der Waals surface area contributed by atoms with E-state index in [1.807, 2.05) is 19.1 Å². The van der Waals surface area contributed by atoms with Gasteiger partial charge in [0.1, 0.15) is 0 Å². The number of rotatable bonds is 5. The first kappa shape index (κ1) is 20.0. The third kappa shape index (κ3) is 3.05. The summed E-state index contributed by atoms with van der Waals surface area (Å²) in [4.78, 5) is 27.7. The van der Waals surface area contributed by atoms with E-state index in [0.29, 0.717) is 30.1 Å². The van der Waals surface area contributed by atoms with Crippen molar-refractivity contribution >= 4 is 11.8 Å². The Labute approximate surface area is 171 Å². The monoisotopic (exact) mass is 399 g/mol. The number of allylic oxidation sites excluding steroid dienone is 1. The Balaban J connectivity index is 1.92. The van der Waals surface area contributed by atoms with Gasteiger partial charge in [-0.3, -0.25) is 9.59 Å². The maximum atomic E-state index is 12.9. The summed E-state index contributed by atoms with van der Waals surface area (Å²) in [6.45, 7) is 2.84. The van der Waals surface area contributed by atoms with Crippen molar-refractivity contribution in [3.05, 3.63) is 35.1 Å². The molecular weight excluding hydrogens is 370 g/mol. The summed E-state index contributed by atoms with van der Waals surface area (Å²) in [7, 11) is 5.28. The molecule has 2 bridgehead atoms. The van der Waals surface area contributed by atoms with Gasteiger partial charge in [-0.15, -0.1) is 0 Å². The molecule has 1 fully saturated rings. The van der Waals surface area contributed by atoms with Crippen LogP contribution in [0.5, 0.6) is 11.5 Å². The van der Waals surface area contributed by atoms with Crippen molar-refractivity contribution in [1.29, 1.82) is 0 Å². The molecule has 0 radical (unpaired) electrons. The number of hydrogen-bond acceptors (Lipinski definition) is 6. The highest BCUT2D eigenvalue weighted by Crippen LogP contribution is 2.58. The SMILES string of the molecule is CCCC(=O)Oc1c(OC)ccc2c1[C@@]13CCN(C)[C@@H](C2)[C@H]1C=C(OC)C(=O)C3. The van der Waals surface area contributed by atoms with Crippen LogP contribution < -0.4 is 9.47 Å². The lowest BCUT2D eigenvalue weighted by molar-refractivity contribution is -0.134. The normalized spacial score (nSPS) is 28.1. The molecule has 1 aliphatic heterocycles. The van der Waals surface area contributed by atoms with E-state index in [9.17, 15) is 9.59 Å². The number of Topliss-reactive ketones (excluding diaryl/α,β-unsaturated/α-hetero) is 1. The smallest absolute Gasteiger partial charge is 0.311 e. The van der Waals surface area contributed by atoms with Crippen molar-refractivity contribution in [2.75, 3.05) is 27.8 Å². The Hall–Kier alpha value is -2.34. The minimum Gasteiger partial charge on any atom is -0.493 e. The Bertz CT molecular complexity index is 876. The second-order valence-corrected chi connectivity index (χ2v) is 8.37. The van der Waals surface area contributed by atoms with Gasteiger partial charge in [-0.05, 0) is 50.6 Å². The van der Waals surface area contributed by atoms with Crippen molar-refractivity contribution in [2.45, 2.75) is 50.5 Å². The van der Waals surface area contributed by atoms with Gasteiger partial charge in [0.2, 0.25) is 0 Å². The van der Waals surface area contributed by atoms with Crippen molar-refractivity contribution in [2.24, 2.45) is 5.92 Å². The average molecular weight is 399 g/mol. The molecule has 1 aromatic carbocycles. The maximum absolute atomic E-state index is 12.9. The quantitative estimate of drug-likeness (QED) is 0.560. The van der Waals surface area contributed by atoms with Crippen LogP contribution in [0.2, 0.25) is 0 Å². The lowest BCUT2D eigenvalue weighted by atomic mass is 9.53. The van der Waals surface area contributed by atoms with Crippen LogP contribution in [0.15, 0.2) is 24.0 Å². The van der Waals surface area contributed by atoms with E-state index in [1.54, 1.807) is 14.2 Å². The number of likely N-dealkylation sites (N-methyl/N-ethyl adjacent to an activating group) is 1. The zero-order valence-electron chi connectivity index (χ0n) is 17.6. The fraction of sp³-hybridized carbons (Fsp3) is 0.565. The van der Waals surface area contributed by atoms with Crippen molar-refractivity contribution in [3.63, 3.8) is 0 Å². The van der Waals surface area contributed by atoms with Crippen molar-refractivity contribution < 1.29 is 23.8 Å². The number of fused-ring (bicyclic) bond motifs is 1. The van der Waals surface area contributed by atoms with E-state index >= 15 is 0 Å². The molecule has 0 unspecified atom stereocenters. The molecule has 0 spiro atoms. The molecule has 0 N–H and O–H groups in total. The topological polar surface area (TPSA) is 65.1 Å². The molecule has 3 atom stereocenters. The third-order valence-corrected chi connectivity index (χ3v) is 6.86. The molecular formula is C23H29NO5. The minimum atomic E-state index is -0.403. The molecule has 1 saturated heterocycles. The van der Waals surface area contributed by atoms with Crippen LogP contribution in [0.4, 0.5) is 0 Å². The van der Waals surface area contributed by atoms with Gasteiger partial charge in [0.05, 0.1) is 14.2 Å². The Morgan fingerprint density at radius 3 is 2.76 bits per heavy atom. The minimum absolute atomic E-state index is 0.00792. The standard InChI is InChI=1S/C23H29NO5/c1-5-6-20(26)29-22-18(27-3)8-7-14-11-16-15-12-19(28-4)17(25)13-23(15,21(14)22)9-10-24(16)2/h7-8,12,15-16H,5-6,9-11,13H2,1-4H3/t15-,16+,23-/m1/s1. The molecule has 0 aromatic heterocycles. The van der Waals surface area contributed by atoms with Gasteiger partial charge in [-0.2, -0.15) is 0 Å². The van der Waals surface area contributed by atoms with Gasteiger partial charge < -0.3 is 19.1 Å².